The van der Waals surface area contributed by atoms with Crippen molar-refractivity contribution >= 4 is 41.0 Å². The highest BCUT2D eigenvalue weighted by molar-refractivity contribution is 6.36. The Morgan fingerprint density at radius 2 is 1.74 bits per heavy atom. The molecular weight excluding hydrogens is 359 g/mol. The van der Waals surface area contributed by atoms with Gasteiger partial charge in [-0.3, -0.25) is 0 Å². The number of nitrogens with zero attached hydrogens (tertiary/aromatic N) is 1. The predicted molar refractivity (Wildman–Crippen MR) is 95.5 cm³/mol. The minimum Gasteiger partial charge on any atom is -0.493 e. The van der Waals surface area contributed by atoms with Crippen LogP contribution in [0.1, 0.15) is 11.1 Å². The van der Waals surface area contributed by atoms with Crippen molar-refractivity contribution in [2.75, 3.05) is 14.2 Å². The van der Waals surface area contributed by atoms with Crippen molar-refractivity contribution in [3.8, 4) is 11.5 Å². The molecule has 0 amide bonds. The molecule has 2 rings (SSSR count). The third kappa shape index (κ3) is 4.44. The molecule has 0 saturated carbocycles. The average molecular weight is 374 g/mol. The summed E-state index contributed by atoms with van der Waals surface area (Å²) in [5.41, 5.74) is 4.46. The number of hydrogen-bond donors (Lipinski definition) is 1. The lowest BCUT2D eigenvalue weighted by atomic mass is 10.2. The Balaban J connectivity index is 2.08. The standard InChI is InChI=1S/C16H15Cl3N2O2/c1-22-15-7-10(6-14(19)16(15)23-2)8-20-21-9-11-12(17)4-3-5-13(11)18/h3-8,21H,9H2,1-2H3/b20-8+. The minimum absolute atomic E-state index is 0.413. The fourth-order valence-corrected chi connectivity index (χ4v) is 2.79. The number of ether oxygens (including phenoxy) is 2. The van der Waals surface area contributed by atoms with Crippen LogP contribution in [-0.2, 0) is 6.54 Å². The number of benzene rings is 2. The molecule has 0 heterocycles. The van der Waals surface area contributed by atoms with Crippen molar-refractivity contribution < 1.29 is 9.47 Å². The van der Waals surface area contributed by atoms with Gasteiger partial charge >= 0.3 is 0 Å². The number of rotatable bonds is 6. The highest BCUT2D eigenvalue weighted by Crippen LogP contribution is 2.35. The van der Waals surface area contributed by atoms with Gasteiger partial charge in [-0.1, -0.05) is 40.9 Å². The molecule has 0 atom stereocenters. The van der Waals surface area contributed by atoms with E-state index in [0.717, 1.165) is 11.1 Å². The highest BCUT2D eigenvalue weighted by atomic mass is 35.5. The normalized spacial score (nSPS) is 10.8. The first-order valence-electron chi connectivity index (χ1n) is 6.67. The summed E-state index contributed by atoms with van der Waals surface area (Å²) in [6, 6.07) is 8.86. The second-order valence-corrected chi connectivity index (χ2v) is 5.75. The molecule has 122 valence electrons. The van der Waals surface area contributed by atoms with Gasteiger partial charge in [-0.05, 0) is 29.8 Å². The van der Waals surface area contributed by atoms with Crippen LogP contribution >= 0.6 is 34.8 Å². The van der Waals surface area contributed by atoms with Crippen LogP contribution in [0.2, 0.25) is 15.1 Å². The second-order valence-electron chi connectivity index (χ2n) is 4.53. The van der Waals surface area contributed by atoms with E-state index in [1.807, 2.05) is 0 Å². The van der Waals surface area contributed by atoms with Crippen LogP contribution in [0.15, 0.2) is 35.4 Å². The van der Waals surface area contributed by atoms with E-state index >= 15 is 0 Å². The van der Waals surface area contributed by atoms with Crippen LogP contribution in [0.25, 0.3) is 0 Å². The number of nitrogens with one attached hydrogen (secondary N) is 1. The Morgan fingerprint density at radius 3 is 2.35 bits per heavy atom. The van der Waals surface area contributed by atoms with E-state index in [1.165, 1.54) is 7.11 Å². The number of hydrazone groups is 1. The van der Waals surface area contributed by atoms with Crippen molar-refractivity contribution in [2.45, 2.75) is 6.54 Å². The van der Waals surface area contributed by atoms with Crippen LogP contribution in [0.4, 0.5) is 0 Å². The third-order valence-corrected chi connectivity index (χ3v) is 4.07. The molecule has 1 N–H and O–H groups in total. The topological polar surface area (TPSA) is 42.8 Å². The Labute approximate surface area is 150 Å². The zero-order valence-corrected chi connectivity index (χ0v) is 14.8. The van der Waals surface area contributed by atoms with E-state index in [0.29, 0.717) is 33.1 Å². The predicted octanol–water partition coefficient (Wildman–Crippen LogP) is 4.79. The first-order chi connectivity index (χ1) is 11.1. The molecule has 0 unspecified atom stereocenters. The summed E-state index contributed by atoms with van der Waals surface area (Å²) >= 11 is 18.3. The minimum atomic E-state index is 0.413. The van der Waals surface area contributed by atoms with Crippen LogP contribution in [0.3, 0.4) is 0 Å². The van der Waals surface area contributed by atoms with Gasteiger partial charge in [-0.15, -0.1) is 0 Å². The van der Waals surface area contributed by atoms with Gasteiger partial charge in [-0.25, -0.2) is 0 Å². The summed E-state index contributed by atoms with van der Waals surface area (Å²) in [6.45, 7) is 0.413. The summed E-state index contributed by atoms with van der Waals surface area (Å²) in [6.07, 6.45) is 1.62. The summed E-state index contributed by atoms with van der Waals surface area (Å²) in [5, 5.41) is 5.77. The van der Waals surface area contributed by atoms with Gasteiger partial charge in [0, 0.05) is 15.6 Å². The molecule has 0 bridgehead atoms. The van der Waals surface area contributed by atoms with Crippen molar-refractivity contribution in [1.29, 1.82) is 0 Å². The molecule has 2 aromatic rings. The lowest BCUT2D eigenvalue weighted by molar-refractivity contribution is 0.355. The molecule has 0 aromatic heterocycles. The number of halogens is 3. The van der Waals surface area contributed by atoms with Crippen molar-refractivity contribution in [3.63, 3.8) is 0 Å². The number of methoxy groups -OCH3 is 2. The molecule has 0 aliphatic carbocycles. The van der Waals surface area contributed by atoms with E-state index in [9.17, 15) is 0 Å². The van der Waals surface area contributed by atoms with Crippen molar-refractivity contribution in [2.24, 2.45) is 5.10 Å². The van der Waals surface area contributed by atoms with Crippen LogP contribution in [0.5, 0.6) is 11.5 Å². The van der Waals surface area contributed by atoms with Crippen LogP contribution < -0.4 is 14.9 Å². The first kappa shape index (κ1) is 17.7. The van der Waals surface area contributed by atoms with Gasteiger partial charge in [0.2, 0.25) is 0 Å². The van der Waals surface area contributed by atoms with E-state index in [2.05, 4.69) is 10.5 Å². The summed E-state index contributed by atoms with van der Waals surface area (Å²) in [4.78, 5) is 0. The lowest BCUT2D eigenvalue weighted by Gasteiger charge is -2.10. The Kier molecular flexibility index (Phi) is 6.39. The van der Waals surface area contributed by atoms with Gasteiger partial charge in [0.25, 0.3) is 0 Å². The quantitative estimate of drug-likeness (QED) is 0.585. The van der Waals surface area contributed by atoms with Crippen LogP contribution in [-0.4, -0.2) is 20.4 Å². The largest absolute Gasteiger partial charge is 0.493 e. The molecule has 0 fully saturated rings. The molecule has 0 aliphatic heterocycles. The summed E-state index contributed by atoms with van der Waals surface area (Å²) < 4.78 is 10.4. The Bertz CT molecular complexity index is 700. The average Bonchev–Trinajstić information content (AvgIpc) is 2.53. The van der Waals surface area contributed by atoms with Crippen molar-refractivity contribution in [1.82, 2.24) is 5.43 Å². The second kappa shape index (κ2) is 8.29. The molecule has 0 saturated heterocycles. The fraction of sp³-hybridized carbons (Fsp3) is 0.188. The zero-order valence-electron chi connectivity index (χ0n) is 12.6. The van der Waals surface area contributed by atoms with Gasteiger partial charge < -0.3 is 14.9 Å². The zero-order chi connectivity index (χ0) is 16.8. The lowest BCUT2D eigenvalue weighted by Crippen LogP contribution is -2.06. The maximum absolute atomic E-state index is 6.14. The Morgan fingerprint density at radius 1 is 1.04 bits per heavy atom. The van der Waals surface area contributed by atoms with Gasteiger partial charge in [0.05, 0.1) is 32.0 Å². The third-order valence-electron chi connectivity index (χ3n) is 3.08. The van der Waals surface area contributed by atoms with E-state index < -0.39 is 0 Å². The van der Waals surface area contributed by atoms with Crippen molar-refractivity contribution in [3.05, 3.63) is 56.5 Å². The molecule has 7 heteroatoms. The Hall–Kier alpha value is -1.62. The summed E-state index contributed by atoms with van der Waals surface area (Å²) in [5.74, 6) is 1.03. The maximum Gasteiger partial charge on any atom is 0.179 e. The van der Waals surface area contributed by atoms with Gasteiger partial charge in [0.1, 0.15) is 0 Å². The van der Waals surface area contributed by atoms with Gasteiger partial charge in [-0.2, -0.15) is 5.10 Å². The monoisotopic (exact) mass is 372 g/mol. The molecule has 2 aromatic carbocycles. The molecule has 23 heavy (non-hydrogen) atoms. The first-order valence-corrected chi connectivity index (χ1v) is 7.80. The van der Waals surface area contributed by atoms with Crippen LogP contribution in [0, 0.1) is 0 Å². The fourth-order valence-electron chi connectivity index (χ4n) is 1.96. The van der Waals surface area contributed by atoms with Gasteiger partial charge in [0.15, 0.2) is 11.5 Å². The smallest absolute Gasteiger partial charge is 0.179 e. The summed E-state index contributed by atoms with van der Waals surface area (Å²) in [7, 11) is 3.08. The molecular formula is C16H15Cl3N2O2. The highest BCUT2D eigenvalue weighted by Gasteiger charge is 2.10. The molecule has 0 radical (unpaired) electrons. The van der Waals surface area contributed by atoms with E-state index in [1.54, 1.807) is 43.7 Å². The molecule has 4 nitrogen and oxygen atoms in total. The van der Waals surface area contributed by atoms with E-state index in [-0.39, 0.29) is 0 Å². The maximum atomic E-state index is 6.14. The van der Waals surface area contributed by atoms with E-state index in [4.69, 9.17) is 44.3 Å². The SMILES string of the molecule is COc1cc(/C=N/NCc2c(Cl)cccc2Cl)cc(Cl)c1OC. The number of hydrogen-bond acceptors (Lipinski definition) is 4. The molecule has 0 spiro atoms. The molecule has 0 aliphatic rings.